The van der Waals surface area contributed by atoms with Gasteiger partial charge in [0.2, 0.25) is 0 Å². The minimum atomic E-state index is -0.483. The van der Waals surface area contributed by atoms with E-state index in [2.05, 4.69) is 123 Å². The van der Waals surface area contributed by atoms with Crippen molar-refractivity contribution in [2.75, 3.05) is 0 Å². The third kappa shape index (κ3) is 4.28. The van der Waals surface area contributed by atoms with Crippen LogP contribution in [0.15, 0.2) is 95.4 Å². The van der Waals surface area contributed by atoms with Crippen molar-refractivity contribution >= 4 is 43.7 Å². The SMILES string of the molecule is [2H]C1(c2ccc3c(ccc4c5cccc(-c6nc7ccccc7n6-c6c(C(C)C)cccc6C(C)C)c5oc34)c2)CCCCC1. The van der Waals surface area contributed by atoms with Crippen LogP contribution in [0.2, 0.25) is 0 Å². The van der Waals surface area contributed by atoms with Crippen LogP contribution in [0.1, 0.15) is 95.6 Å². The second-order valence-electron chi connectivity index (χ2n) is 13.2. The lowest BCUT2D eigenvalue weighted by Crippen LogP contribution is -2.08. The summed E-state index contributed by atoms with van der Waals surface area (Å²) < 4.78 is 18.5. The van der Waals surface area contributed by atoms with E-state index in [4.69, 9.17) is 9.40 Å². The van der Waals surface area contributed by atoms with Gasteiger partial charge in [-0.15, -0.1) is 0 Å². The number of furan rings is 1. The normalized spacial score (nSPS) is 15.7. The van der Waals surface area contributed by atoms with Gasteiger partial charge in [-0.3, -0.25) is 4.57 Å². The average molecular weight is 578 g/mol. The predicted octanol–water partition coefficient (Wildman–Crippen LogP) is 12.0. The van der Waals surface area contributed by atoms with Crippen molar-refractivity contribution in [1.82, 2.24) is 9.55 Å². The van der Waals surface area contributed by atoms with E-state index in [1.807, 2.05) is 0 Å². The van der Waals surface area contributed by atoms with Crippen molar-refractivity contribution < 1.29 is 5.79 Å². The van der Waals surface area contributed by atoms with Crippen molar-refractivity contribution in [3.8, 4) is 17.1 Å². The molecule has 0 saturated heterocycles. The van der Waals surface area contributed by atoms with Gasteiger partial charge in [0.15, 0.2) is 0 Å². The summed E-state index contributed by atoms with van der Waals surface area (Å²) >= 11 is 0. The van der Waals surface area contributed by atoms with Crippen LogP contribution in [0.4, 0.5) is 0 Å². The molecule has 3 nitrogen and oxygen atoms in total. The molecule has 0 amide bonds. The Morgan fingerprint density at radius 1 is 0.727 bits per heavy atom. The molecule has 8 rings (SSSR count). The highest BCUT2D eigenvalue weighted by molar-refractivity contribution is 6.17. The Bertz CT molecular complexity index is 2200. The minimum Gasteiger partial charge on any atom is -0.455 e. The van der Waals surface area contributed by atoms with E-state index < -0.39 is 5.89 Å². The van der Waals surface area contributed by atoms with Gasteiger partial charge in [-0.05, 0) is 76.9 Å². The van der Waals surface area contributed by atoms with Gasteiger partial charge in [-0.1, -0.05) is 114 Å². The van der Waals surface area contributed by atoms with E-state index in [9.17, 15) is 1.37 Å². The molecule has 0 radical (unpaired) electrons. The van der Waals surface area contributed by atoms with Crippen LogP contribution in [0.5, 0.6) is 0 Å². The molecule has 0 bridgehead atoms. The van der Waals surface area contributed by atoms with Gasteiger partial charge in [0, 0.05) is 17.5 Å². The van der Waals surface area contributed by atoms with Gasteiger partial charge in [0.25, 0.3) is 0 Å². The Balaban J connectivity index is 1.39. The van der Waals surface area contributed by atoms with E-state index >= 15 is 0 Å². The molecule has 0 spiro atoms. The second kappa shape index (κ2) is 10.7. The Kier molecular flexibility index (Phi) is 6.32. The summed E-state index contributed by atoms with van der Waals surface area (Å²) in [6, 6.07) is 32.6. The fourth-order valence-electron chi connectivity index (χ4n) is 7.45. The molecule has 5 aromatic carbocycles. The molecular weight excluding hydrogens is 536 g/mol. The number of hydrogen-bond donors (Lipinski definition) is 0. The highest BCUT2D eigenvalue weighted by Crippen LogP contribution is 2.43. The molecule has 0 atom stereocenters. The molecule has 3 heteroatoms. The number of fused-ring (bicyclic) bond motifs is 6. The number of rotatable bonds is 5. The lowest BCUT2D eigenvalue weighted by atomic mass is 9.83. The van der Waals surface area contributed by atoms with Crippen LogP contribution in [-0.4, -0.2) is 9.55 Å². The third-order valence-electron chi connectivity index (χ3n) is 9.71. The highest BCUT2D eigenvalue weighted by Gasteiger charge is 2.25. The second-order valence-corrected chi connectivity index (χ2v) is 13.2. The van der Waals surface area contributed by atoms with Crippen LogP contribution < -0.4 is 0 Å². The standard InChI is InChI=1S/C41H40N2O/c1-25(2)30-14-10-15-31(26(3)4)38(30)43-37-19-9-8-18-36(37)42-41(43)35-17-11-16-33-34-23-21-29-24-28(27-12-6-5-7-13-27)20-22-32(29)39(34)44-40(33)35/h8-11,14-27H,5-7,12-13H2,1-4H3/i27D. The Morgan fingerprint density at radius 2 is 1.43 bits per heavy atom. The number of aromatic nitrogens is 2. The number of nitrogens with zero attached hydrogens (tertiary/aromatic N) is 2. The Hall–Kier alpha value is -4.37. The summed E-state index contributed by atoms with van der Waals surface area (Å²) in [5, 5.41) is 4.44. The fourth-order valence-corrected chi connectivity index (χ4v) is 7.45. The molecule has 44 heavy (non-hydrogen) atoms. The van der Waals surface area contributed by atoms with Gasteiger partial charge in [-0.2, -0.15) is 0 Å². The van der Waals surface area contributed by atoms with Crippen molar-refractivity contribution in [2.45, 2.75) is 77.5 Å². The predicted molar refractivity (Wildman–Crippen MR) is 185 cm³/mol. The lowest BCUT2D eigenvalue weighted by molar-refractivity contribution is 0.444. The fraction of sp³-hybridized carbons (Fsp3) is 0.293. The monoisotopic (exact) mass is 577 g/mol. The molecule has 1 fully saturated rings. The zero-order valence-corrected chi connectivity index (χ0v) is 26.2. The first-order valence-electron chi connectivity index (χ1n) is 16.8. The molecule has 0 aliphatic heterocycles. The molecule has 0 N–H and O–H groups in total. The summed E-state index contributed by atoms with van der Waals surface area (Å²) in [7, 11) is 0. The Morgan fingerprint density at radius 3 is 2.20 bits per heavy atom. The van der Waals surface area contributed by atoms with E-state index in [1.54, 1.807) is 0 Å². The van der Waals surface area contributed by atoms with E-state index in [0.29, 0.717) is 11.8 Å². The number of para-hydroxylation sites is 4. The maximum absolute atomic E-state index is 9.20. The summed E-state index contributed by atoms with van der Waals surface area (Å²) in [6.45, 7) is 9.09. The first-order chi connectivity index (χ1) is 21.8. The van der Waals surface area contributed by atoms with E-state index in [1.165, 1.54) is 23.2 Å². The van der Waals surface area contributed by atoms with Crippen LogP contribution in [0, 0.1) is 0 Å². The quantitative estimate of drug-likeness (QED) is 0.204. The molecule has 0 unspecified atom stereocenters. The van der Waals surface area contributed by atoms with Gasteiger partial charge in [0.1, 0.15) is 17.0 Å². The maximum Gasteiger partial charge on any atom is 0.149 e. The van der Waals surface area contributed by atoms with Gasteiger partial charge >= 0.3 is 0 Å². The highest BCUT2D eigenvalue weighted by atomic mass is 16.3. The van der Waals surface area contributed by atoms with Gasteiger partial charge in [-0.25, -0.2) is 4.98 Å². The smallest absolute Gasteiger partial charge is 0.149 e. The maximum atomic E-state index is 9.20. The van der Waals surface area contributed by atoms with Crippen LogP contribution in [-0.2, 0) is 0 Å². The molecule has 1 aliphatic carbocycles. The van der Waals surface area contributed by atoms with Crippen LogP contribution in [0.3, 0.4) is 0 Å². The van der Waals surface area contributed by atoms with Crippen molar-refractivity contribution in [2.24, 2.45) is 0 Å². The largest absolute Gasteiger partial charge is 0.455 e. The molecule has 1 saturated carbocycles. The van der Waals surface area contributed by atoms with E-state index in [0.717, 1.165) is 86.4 Å². The minimum absolute atomic E-state index is 0.349. The van der Waals surface area contributed by atoms with E-state index in [-0.39, 0.29) is 0 Å². The lowest BCUT2D eigenvalue weighted by Gasteiger charge is -2.22. The topological polar surface area (TPSA) is 31.0 Å². The van der Waals surface area contributed by atoms with Crippen molar-refractivity contribution in [1.29, 1.82) is 0 Å². The zero-order chi connectivity index (χ0) is 30.9. The summed E-state index contributed by atoms with van der Waals surface area (Å²) in [5.74, 6) is 1.11. The third-order valence-corrected chi connectivity index (χ3v) is 9.71. The number of benzene rings is 5. The first-order valence-corrected chi connectivity index (χ1v) is 16.3. The molecule has 2 aromatic heterocycles. The van der Waals surface area contributed by atoms with Crippen molar-refractivity contribution in [3.63, 3.8) is 0 Å². The number of hydrogen-bond acceptors (Lipinski definition) is 2. The Labute approximate surface area is 260 Å². The summed E-state index contributed by atoms with van der Waals surface area (Å²) in [5.41, 5.74) is 9.80. The molecular formula is C41H40N2O. The molecule has 1 aliphatic rings. The molecule has 220 valence electrons. The first kappa shape index (κ1) is 26.1. The van der Waals surface area contributed by atoms with Crippen molar-refractivity contribution in [3.05, 3.63) is 108 Å². The van der Waals surface area contributed by atoms with Crippen LogP contribution >= 0.6 is 0 Å². The summed E-state index contributed by atoms with van der Waals surface area (Å²) in [6.07, 6.45) is 5.39. The molecule has 7 aromatic rings. The zero-order valence-electron chi connectivity index (χ0n) is 27.2. The average Bonchev–Trinajstić information content (AvgIpc) is 3.63. The van der Waals surface area contributed by atoms with Crippen LogP contribution in [0.25, 0.3) is 60.8 Å². The summed E-state index contributed by atoms with van der Waals surface area (Å²) in [4.78, 5) is 5.30. The molecule has 2 heterocycles. The number of imidazole rings is 1. The van der Waals surface area contributed by atoms with Gasteiger partial charge < -0.3 is 4.42 Å². The van der Waals surface area contributed by atoms with Gasteiger partial charge in [0.05, 0.1) is 22.3 Å².